The molecule has 0 spiro atoms. The molecule has 2 aliphatic rings. The molecule has 1 aliphatic carbocycles. The number of carbonyl (C=O) groups is 3. The van der Waals surface area contributed by atoms with Crippen LogP contribution in [0.4, 0.5) is 4.79 Å². The van der Waals surface area contributed by atoms with Crippen molar-refractivity contribution in [3.63, 3.8) is 0 Å². The van der Waals surface area contributed by atoms with E-state index in [2.05, 4.69) is 16.8 Å². The van der Waals surface area contributed by atoms with Crippen LogP contribution < -0.4 is 5.32 Å². The molecule has 1 aliphatic heterocycles. The zero-order valence-corrected chi connectivity index (χ0v) is 16.1. The van der Waals surface area contributed by atoms with Crippen LogP contribution in [0, 0.1) is 0 Å². The summed E-state index contributed by atoms with van der Waals surface area (Å²) in [6.07, 6.45) is 9.32. The molecule has 1 saturated heterocycles. The molecule has 1 saturated carbocycles. The maximum Gasteiger partial charge on any atom is 0.331 e. The summed E-state index contributed by atoms with van der Waals surface area (Å²) in [6.45, 7) is 2.97. The van der Waals surface area contributed by atoms with Gasteiger partial charge in [0.25, 0.3) is 11.8 Å². The molecule has 28 heavy (non-hydrogen) atoms. The molecule has 2 heterocycles. The maximum absolute atomic E-state index is 13.1. The van der Waals surface area contributed by atoms with Gasteiger partial charge in [0.15, 0.2) is 0 Å². The second kappa shape index (κ2) is 7.62. The van der Waals surface area contributed by atoms with Crippen molar-refractivity contribution in [1.29, 1.82) is 0 Å². The van der Waals surface area contributed by atoms with E-state index in [9.17, 15) is 14.4 Å². The van der Waals surface area contributed by atoms with Crippen molar-refractivity contribution in [2.24, 2.45) is 0 Å². The zero-order chi connectivity index (χ0) is 19.7. The van der Waals surface area contributed by atoms with E-state index in [0.717, 1.165) is 61.5 Å². The van der Waals surface area contributed by atoms with E-state index in [0.29, 0.717) is 0 Å². The number of carbonyl (C=O) groups excluding carboxylic acids is 3. The summed E-state index contributed by atoms with van der Waals surface area (Å²) < 4.78 is 2.14. The van der Waals surface area contributed by atoms with Crippen molar-refractivity contribution < 1.29 is 14.4 Å². The summed E-state index contributed by atoms with van der Waals surface area (Å²) in [5.74, 6) is -1.10. The molecule has 2 aromatic rings. The SMILES string of the molecule is CCCn1cc(C=C2C(=O)NC(=O)N(C3CCCCC3)C2=O)c2ccccc21. The predicted molar refractivity (Wildman–Crippen MR) is 107 cm³/mol. The Balaban J connectivity index is 1.74. The topological polar surface area (TPSA) is 71.4 Å². The minimum absolute atomic E-state index is 0.0320. The smallest absolute Gasteiger partial charge is 0.331 e. The molecule has 1 aromatic carbocycles. The number of imide groups is 2. The molecule has 0 unspecified atom stereocenters. The van der Waals surface area contributed by atoms with E-state index in [1.54, 1.807) is 6.08 Å². The third-order valence-electron chi connectivity index (χ3n) is 5.66. The van der Waals surface area contributed by atoms with Crippen LogP contribution in [0.15, 0.2) is 36.0 Å². The van der Waals surface area contributed by atoms with Gasteiger partial charge in [-0.3, -0.25) is 19.8 Å². The number of nitrogens with zero attached hydrogens (tertiary/aromatic N) is 2. The van der Waals surface area contributed by atoms with E-state index < -0.39 is 17.8 Å². The van der Waals surface area contributed by atoms with Crippen molar-refractivity contribution in [3.05, 3.63) is 41.6 Å². The van der Waals surface area contributed by atoms with Crippen molar-refractivity contribution >= 4 is 34.8 Å². The molecule has 0 atom stereocenters. The maximum atomic E-state index is 13.1. The summed E-state index contributed by atoms with van der Waals surface area (Å²) in [6, 6.07) is 7.23. The van der Waals surface area contributed by atoms with Gasteiger partial charge in [-0.2, -0.15) is 0 Å². The van der Waals surface area contributed by atoms with Gasteiger partial charge in [0.05, 0.1) is 0 Å². The first-order chi connectivity index (χ1) is 13.6. The molecule has 6 nitrogen and oxygen atoms in total. The molecule has 4 amide bonds. The Morgan fingerprint density at radius 2 is 1.86 bits per heavy atom. The highest BCUT2D eigenvalue weighted by molar-refractivity contribution is 6.31. The number of rotatable bonds is 4. The summed E-state index contributed by atoms with van der Waals surface area (Å²) in [5.41, 5.74) is 1.92. The number of amides is 4. The number of aryl methyl sites for hydroxylation is 1. The average molecular weight is 379 g/mol. The summed E-state index contributed by atoms with van der Waals surface area (Å²) in [7, 11) is 0. The minimum Gasteiger partial charge on any atom is -0.347 e. The third-order valence-corrected chi connectivity index (χ3v) is 5.66. The molecule has 146 valence electrons. The first-order valence-corrected chi connectivity index (χ1v) is 10.1. The Labute approximate surface area is 164 Å². The number of barbiturate groups is 1. The number of urea groups is 1. The lowest BCUT2D eigenvalue weighted by molar-refractivity contribution is -0.132. The summed E-state index contributed by atoms with van der Waals surface area (Å²) >= 11 is 0. The van der Waals surface area contributed by atoms with E-state index in [1.807, 2.05) is 30.5 Å². The van der Waals surface area contributed by atoms with E-state index >= 15 is 0 Å². The highest BCUT2D eigenvalue weighted by atomic mass is 16.2. The first kappa shape index (κ1) is 18.5. The lowest BCUT2D eigenvalue weighted by atomic mass is 9.93. The van der Waals surface area contributed by atoms with Gasteiger partial charge in [-0.05, 0) is 31.4 Å². The summed E-state index contributed by atoms with van der Waals surface area (Å²) in [5, 5.41) is 3.35. The minimum atomic E-state index is -0.616. The predicted octanol–water partition coefficient (Wildman–Crippen LogP) is 3.85. The lowest BCUT2D eigenvalue weighted by Gasteiger charge is -2.35. The molecule has 0 radical (unpaired) electrons. The van der Waals surface area contributed by atoms with Crippen molar-refractivity contribution in [2.75, 3.05) is 0 Å². The number of fused-ring (bicyclic) bond motifs is 1. The Kier molecular flexibility index (Phi) is 5.03. The molecular formula is C22H25N3O3. The highest BCUT2D eigenvalue weighted by Gasteiger charge is 2.40. The second-order valence-corrected chi connectivity index (χ2v) is 7.58. The fraction of sp³-hybridized carbons (Fsp3) is 0.409. The third kappa shape index (κ3) is 3.23. The number of para-hydroxylation sites is 1. The van der Waals surface area contributed by atoms with Gasteiger partial charge in [0.1, 0.15) is 5.57 Å². The van der Waals surface area contributed by atoms with E-state index in [1.165, 1.54) is 4.90 Å². The van der Waals surface area contributed by atoms with Gasteiger partial charge in [-0.25, -0.2) is 4.79 Å². The molecule has 2 fully saturated rings. The Hall–Kier alpha value is -2.89. The molecular weight excluding hydrogens is 354 g/mol. The number of aromatic nitrogens is 1. The number of nitrogens with one attached hydrogen (secondary N) is 1. The molecule has 4 rings (SSSR count). The van der Waals surface area contributed by atoms with Crippen LogP contribution in [-0.4, -0.2) is 33.4 Å². The Morgan fingerprint density at radius 3 is 2.61 bits per heavy atom. The van der Waals surface area contributed by atoms with Crippen molar-refractivity contribution in [3.8, 4) is 0 Å². The number of benzene rings is 1. The zero-order valence-electron chi connectivity index (χ0n) is 16.1. The first-order valence-electron chi connectivity index (χ1n) is 10.1. The van der Waals surface area contributed by atoms with Gasteiger partial charge >= 0.3 is 6.03 Å². The molecule has 6 heteroatoms. The number of hydrogen-bond acceptors (Lipinski definition) is 3. The van der Waals surface area contributed by atoms with Gasteiger partial charge in [0, 0.05) is 35.2 Å². The highest BCUT2D eigenvalue weighted by Crippen LogP contribution is 2.28. The Bertz CT molecular complexity index is 967. The fourth-order valence-electron chi connectivity index (χ4n) is 4.31. The standard InChI is InChI=1S/C22H25N3O3/c1-2-12-24-14-15(17-10-6-7-11-19(17)24)13-18-20(26)23-22(28)25(21(18)27)16-8-4-3-5-9-16/h6-7,10-11,13-14,16H,2-5,8-9,12H2,1H3,(H,23,26,28). The van der Waals surface area contributed by atoms with Crippen LogP contribution in [0.25, 0.3) is 17.0 Å². The lowest BCUT2D eigenvalue weighted by Crippen LogP contribution is -2.58. The largest absolute Gasteiger partial charge is 0.347 e. The van der Waals surface area contributed by atoms with Crippen molar-refractivity contribution in [1.82, 2.24) is 14.8 Å². The molecule has 1 N–H and O–H groups in total. The van der Waals surface area contributed by atoms with Crippen LogP contribution >= 0.6 is 0 Å². The fourth-order valence-corrected chi connectivity index (χ4v) is 4.31. The van der Waals surface area contributed by atoms with E-state index in [4.69, 9.17) is 0 Å². The van der Waals surface area contributed by atoms with Gasteiger partial charge < -0.3 is 4.57 Å². The second-order valence-electron chi connectivity index (χ2n) is 7.58. The number of hydrogen-bond donors (Lipinski definition) is 1. The summed E-state index contributed by atoms with van der Waals surface area (Å²) in [4.78, 5) is 39.2. The van der Waals surface area contributed by atoms with Gasteiger partial charge in [-0.15, -0.1) is 0 Å². The van der Waals surface area contributed by atoms with Gasteiger partial charge in [-0.1, -0.05) is 44.4 Å². The van der Waals surface area contributed by atoms with Gasteiger partial charge in [0.2, 0.25) is 0 Å². The quantitative estimate of drug-likeness (QED) is 0.648. The van der Waals surface area contributed by atoms with Crippen LogP contribution in [0.2, 0.25) is 0 Å². The Morgan fingerprint density at radius 1 is 1.11 bits per heavy atom. The van der Waals surface area contributed by atoms with Crippen LogP contribution in [0.5, 0.6) is 0 Å². The van der Waals surface area contributed by atoms with Crippen molar-refractivity contribution in [2.45, 2.75) is 58.0 Å². The monoisotopic (exact) mass is 379 g/mol. The molecule has 1 aromatic heterocycles. The molecule has 0 bridgehead atoms. The average Bonchev–Trinajstić information content (AvgIpc) is 3.04. The van der Waals surface area contributed by atoms with Crippen LogP contribution in [0.1, 0.15) is 51.0 Å². The van der Waals surface area contributed by atoms with Crippen LogP contribution in [-0.2, 0) is 16.1 Å². The van der Waals surface area contributed by atoms with E-state index in [-0.39, 0.29) is 11.6 Å². The normalized spacial score (nSPS) is 20.2. The van der Waals surface area contributed by atoms with Crippen LogP contribution in [0.3, 0.4) is 0 Å².